The Labute approximate surface area is 415 Å². The summed E-state index contributed by atoms with van der Waals surface area (Å²) < 4.78 is 0. The fourth-order valence-corrected chi connectivity index (χ4v) is 47.3. The molecule has 18 unspecified atom stereocenters. The predicted molar refractivity (Wildman–Crippen MR) is 295 cm³/mol. The Hall–Kier alpha value is -0.0962. The van der Waals surface area contributed by atoms with Gasteiger partial charge in [-0.25, -0.2) is 0 Å². The summed E-state index contributed by atoms with van der Waals surface area (Å²) in [6.07, 6.45) is 25.0. The monoisotopic (exact) mass is 948 g/mol. The fourth-order valence-electron chi connectivity index (χ4n) is 20.5. The number of hydrogen-bond donors (Lipinski definition) is 1. The summed E-state index contributed by atoms with van der Waals surface area (Å²) in [6, 6.07) is 0. The van der Waals surface area contributed by atoms with E-state index in [1.54, 1.807) is 0 Å². The van der Waals surface area contributed by atoms with Crippen LogP contribution in [-0.4, -0.2) is 22.1 Å². The number of nitrogens with two attached hydrogens (primary N) is 1. The fraction of sp³-hybridized carbons (Fsp3) is 0.984. The lowest BCUT2D eigenvalue weighted by atomic mass is 9.75. The molecular formula is C62H117NOSi2. The van der Waals surface area contributed by atoms with Crippen LogP contribution in [-0.2, 0) is 4.79 Å². The Balaban J connectivity index is 1.95. The van der Waals surface area contributed by atoms with Gasteiger partial charge in [-0.05, 0) is 217 Å². The van der Waals surface area contributed by atoms with E-state index in [0.29, 0.717) is 74.7 Å². The van der Waals surface area contributed by atoms with Crippen molar-refractivity contribution < 1.29 is 4.79 Å². The molecule has 2 N–H and O–H groups in total. The molecule has 0 aromatic carbocycles. The number of hydrogen-bond acceptors (Lipinski definition) is 1. The van der Waals surface area contributed by atoms with Crippen molar-refractivity contribution in [3.05, 3.63) is 0 Å². The molecule has 18 atom stereocenters. The van der Waals surface area contributed by atoms with Gasteiger partial charge in [0.25, 0.3) is 0 Å². The van der Waals surface area contributed by atoms with Gasteiger partial charge in [-0.15, -0.1) is 0 Å². The van der Waals surface area contributed by atoms with Gasteiger partial charge < -0.3 is 5.73 Å². The van der Waals surface area contributed by atoms with Crippen LogP contribution in [0.3, 0.4) is 0 Å². The lowest BCUT2D eigenvalue weighted by molar-refractivity contribution is -0.117. The third-order valence-corrected chi connectivity index (χ3v) is 40.5. The van der Waals surface area contributed by atoms with Gasteiger partial charge in [-0.2, -0.15) is 0 Å². The van der Waals surface area contributed by atoms with Crippen LogP contribution in [0.1, 0.15) is 240 Å². The van der Waals surface area contributed by atoms with Gasteiger partial charge in [0.2, 0.25) is 5.91 Å². The quantitative estimate of drug-likeness (QED) is 0.163. The van der Waals surface area contributed by atoms with Gasteiger partial charge in [0, 0.05) is 5.16 Å². The first-order valence-electron chi connectivity index (χ1n) is 30.3. The van der Waals surface area contributed by atoms with E-state index in [0.717, 1.165) is 71.0 Å². The van der Waals surface area contributed by atoms with Crippen LogP contribution in [0, 0.1) is 107 Å². The van der Waals surface area contributed by atoms with Gasteiger partial charge >= 0.3 is 0 Å². The van der Waals surface area contributed by atoms with Crippen LogP contribution in [0.25, 0.3) is 0 Å². The van der Waals surface area contributed by atoms with Crippen molar-refractivity contribution in [1.29, 1.82) is 0 Å². The van der Waals surface area contributed by atoms with E-state index in [4.69, 9.17) is 5.73 Å². The van der Waals surface area contributed by atoms with Crippen LogP contribution in [0.15, 0.2) is 0 Å². The maximum Gasteiger partial charge on any atom is 0.215 e. The Morgan fingerprint density at radius 2 is 0.470 bits per heavy atom. The van der Waals surface area contributed by atoms with Crippen molar-refractivity contribution >= 4 is 22.1 Å². The van der Waals surface area contributed by atoms with Crippen LogP contribution >= 0.6 is 0 Å². The summed E-state index contributed by atoms with van der Waals surface area (Å²) in [5.74, 6) is 13.1. The van der Waals surface area contributed by atoms with E-state index in [1.165, 1.54) is 116 Å². The topological polar surface area (TPSA) is 43.1 Å². The van der Waals surface area contributed by atoms with E-state index < -0.39 is 16.1 Å². The second-order valence-electron chi connectivity index (χ2n) is 29.4. The minimum atomic E-state index is -2.85. The molecule has 6 aliphatic carbocycles. The van der Waals surface area contributed by atoms with Gasteiger partial charge in [0.1, 0.15) is 0 Å². The van der Waals surface area contributed by atoms with Crippen molar-refractivity contribution in [3.8, 4) is 0 Å². The number of carbonyl (C=O) groups excluding carboxylic acids is 1. The molecule has 0 aliphatic heterocycles. The number of amides is 1. The second-order valence-corrected chi connectivity index (χ2v) is 39.6. The molecule has 6 rings (SSSR count). The van der Waals surface area contributed by atoms with Crippen molar-refractivity contribution in [2.24, 2.45) is 112 Å². The molecule has 6 saturated carbocycles. The average Bonchev–Trinajstić information content (AvgIpc) is 3.23. The number of carbonyl (C=O) groups is 1. The zero-order valence-electron chi connectivity index (χ0n) is 47.6. The second kappa shape index (κ2) is 22.8. The molecule has 0 spiro atoms. The molecule has 4 heteroatoms. The summed E-state index contributed by atoms with van der Waals surface area (Å²) in [7, 11) is -5.70. The highest BCUT2D eigenvalue weighted by Crippen LogP contribution is 2.76. The van der Waals surface area contributed by atoms with Gasteiger partial charge in [0.05, 0.1) is 16.1 Å². The van der Waals surface area contributed by atoms with Crippen LogP contribution in [0.4, 0.5) is 0 Å². The van der Waals surface area contributed by atoms with E-state index in [9.17, 15) is 0 Å². The molecule has 0 radical (unpaired) electrons. The third kappa shape index (κ3) is 10.7. The summed E-state index contributed by atoms with van der Waals surface area (Å²) in [4.78, 5) is 17.3. The average molecular weight is 949 g/mol. The molecule has 6 aliphatic rings. The lowest BCUT2D eigenvalue weighted by Crippen LogP contribution is -2.74. The van der Waals surface area contributed by atoms with E-state index in [1.807, 2.05) is 0 Å². The van der Waals surface area contributed by atoms with Crippen molar-refractivity contribution in [2.45, 2.75) is 279 Å². The van der Waals surface area contributed by atoms with E-state index in [-0.39, 0.29) is 5.16 Å². The molecule has 0 bridgehead atoms. The highest BCUT2D eigenvalue weighted by molar-refractivity contribution is 7.06. The largest absolute Gasteiger partial charge is 0.370 e. The molecule has 0 aromatic heterocycles. The Morgan fingerprint density at radius 3 is 0.591 bits per heavy atom. The van der Waals surface area contributed by atoms with E-state index >= 15 is 4.79 Å². The first-order valence-corrected chi connectivity index (χ1v) is 34.9. The Bertz CT molecular complexity index is 1250. The van der Waals surface area contributed by atoms with Crippen LogP contribution in [0.5, 0.6) is 0 Å². The molecule has 384 valence electrons. The minimum Gasteiger partial charge on any atom is -0.370 e. The van der Waals surface area contributed by atoms with Crippen molar-refractivity contribution in [2.75, 3.05) is 0 Å². The molecular weight excluding hydrogens is 831 g/mol. The maximum atomic E-state index is 17.3. The highest BCUT2D eigenvalue weighted by Gasteiger charge is 2.75. The van der Waals surface area contributed by atoms with Crippen LogP contribution in [0.2, 0.25) is 38.4 Å². The normalized spacial score (nSPS) is 43.3. The maximum absolute atomic E-state index is 17.3. The SMILES string of the molecule is CC1CCC(C(C)C)C([Si](C2CC(C)CCC2C(C)C)(C2CC(C)CCC2C(C)C)C(C(N)=O)[Si](C2CC(C)CCC2C(C)C)(C2CC(C)CCC2C(C)C)C2CC(C)CCC2C(C)C)C1. The Kier molecular flexibility index (Phi) is 19.0. The highest BCUT2D eigenvalue weighted by atomic mass is 28.4. The standard InChI is InChI=1S/C62H117NOSi2/c1-37(2)49-25-19-43(13)31-55(49)65(56-32-44(14)20-26-50(56)38(3)4,57-33-45(15)21-27-51(57)39(5)6)62(61(63)64)66(58-34-46(16)22-28-52(58)40(7)8,59-35-47(17)23-29-53(59)41(9)10)60-36-48(18)24-30-54(60)42(11)12/h37-60,62H,19-36H2,1-18H3,(H2,63,64). The smallest absolute Gasteiger partial charge is 0.215 e. The van der Waals surface area contributed by atoms with Gasteiger partial charge in [-0.1, -0.05) is 163 Å². The summed E-state index contributed by atoms with van der Waals surface area (Å²) in [5, 5.41) is 0.180. The lowest BCUT2D eigenvalue weighted by Gasteiger charge is -2.71. The molecule has 0 aromatic rings. The van der Waals surface area contributed by atoms with Gasteiger partial charge in [0.15, 0.2) is 0 Å². The van der Waals surface area contributed by atoms with Gasteiger partial charge in [-0.3, -0.25) is 4.79 Å². The molecule has 1 amide bonds. The first kappa shape index (κ1) is 55.2. The van der Waals surface area contributed by atoms with Crippen LogP contribution < -0.4 is 5.73 Å². The number of rotatable bonds is 15. The summed E-state index contributed by atoms with van der Waals surface area (Å²) in [5.41, 5.74) is 12.4. The van der Waals surface area contributed by atoms with Crippen molar-refractivity contribution in [1.82, 2.24) is 0 Å². The zero-order chi connectivity index (χ0) is 48.7. The third-order valence-electron chi connectivity index (χ3n) is 23.3. The summed E-state index contributed by atoms with van der Waals surface area (Å²) >= 11 is 0. The number of primary amides is 1. The summed E-state index contributed by atoms with van der Waals surface area (Å²) in [6.45, 7) is 48.1. The molecule has 66 heavy (non-hydrogen) atoms. The van der Waals surface area contributed by atoms with Crippen molar-refractivity contribution in [3.63, 3.8) is 0 Å². The molecule has 0 heterocycles. The zero-order valence-corrected chi connectivity index (χ0v) is 49.6. The Morgan fingerprint density at radius 1 is 0.318 bits per heavy atom. The first-order chi connectivity index (χ1) is 31.0. The minimum absolute atomic E-state index is 0.180. The molecule has 6 fully saturated rings. The molecule has 2 nitrogen and oxygen atoms in total. The molecule has 0 saturated heterocycles. The predicted octanol–water partition coefficient (Wildman–Crippen LogP) is 19.1. The van der Waals surface area contributed by atoms with E-state index in [2.05, 4.69) is 125 Å².